The van der Waals surface area contributed by atoms with Crippen molar-refractivity contribution >= 4 is 30.9 Å². The van der Waals surface area contributed by atoms with Crippen LogP contribution in [0.15, 0.2) is 23.3 Å². The average molecular weight is 479 g/mol. The van der Waals surface area contributed by atoms with E-state index in [0.29, 0.717) is 36.5 Å². The van der Waals surface area contributed by atoms with Gasteiger partial charge in [-0.05, 0) is 68.8 Å². The van der Waals surface area contributed by atoms with Crippen LogP contribution in [0.2, 0.25) is 0 Å². The molecule has 3 aliphatic rings. The summed E-state index contributed by atoms with van der Waals surface area (Å²) in [5.74, 6) is 1.87. The fraction of sp³-hybridized carbons (Fsp3) is 0.741. The number of esters is 1. The van der Waals surface area contributed by atoms with Crippen LogP contribution in [0, 0.1) is 29.1 Å². The number of carbonyl (C=O) groups excluding carboxylic acids is 2. The summed E-state index contributed by atoms with van der Waals surface area (Å²) in [6.07, 6.45) is 9.83. The van der Waals surface area contributed by atoms with Gasteiger partial charge < -0.3 is 9.84 Å². The third-order valence-electron chi connectivity index (χ3n) is 8.67. The van der Waals surface area contributed by atoms with Gasteiger partial charge in [-0.2, -0.15) is 12.6 Å². The lowest BCUT2D eigenvalue weighted by Crippen LogP contribution is -2.45. The summed E-state index contributed by atoms with van der Waals surface area (Å²) < 4.78 is 5.58. The lowest BCUT2D eigenvalue weighted by atomic mass is 9.58. The van der Waals surface area contributed by atoms with Gasteiger partial charge in [0.2, 0.25) is 0 Å². The molecule has 0 amide bonds. The zero-order valence-corrected chi connectivity index (χ0v) is 22.0. The Bertz CT molecular complexity index is 800. The Hall–Kier alpha value is -1.56. The van der Waals surface area contributed by atoms with E-state index in [4.69, 9.17) is 27.3 Å². The van der Waals surface area contributed by atoms with Crippen molar-refractivity contribution in [2.75, 3.05) is 0 Å². The molecular formula is C27H42O5S. The quantitative estimate of drug-likeness (QED) is 0.224. The van der Waals surface area contributed by atoms with Crippen molar-refractivity contribution in [3.05, 3.63) is 23.3 Å². The summed E-state index contributed by atoms with van der Waals surface area (Å²) >= 11 is 5.28. The van der Waals surface area contributed by atoms with Crippen LogP contribution in [0.3, 0.4) is 0 Å². The molecule has 0 bridgehead atoms. The third kappa shape index (κ3) is 5.41. The van der Waals surface area contributed by atoms with Crippen LogP contribution in [0.1, 0.15) is 86.5 Å². The molecule has 1 fully saturated rings. The summed E-state index contributed by atoms with van der Waals surface area (Å²) in [7, 11) is 0. The number of rotatable bonds is 3. The fourth-order valence-corrected chi connectivity index (χ4v) is 7.22. The van der Waals surface area contributed by atoms with Crippen LogP contribution >= 0.6 is 12.6 Å². The van der Waals surface area contributed by atoms with Crippen LogP contribution in [-0.2, 0) is 19.1 Å². The van der Waals surface area contributed by atoms with Crippen molar-refractivity contribution in [3.63, 3.8) is 0 Å². The summed E-state index contributed by atoms with van der Waals surface area (Å²) in [6.45, 7) is 13.1. The average Bonchev–Trinajstić information content (AvgIpc) is 3.07. The normalized spacial score (nSPS) is 38.0. The van der Waals surface area contributed by atoms with E-state index < -0.39 is 0 Å². The lowest BCUT2D eigenvalue weighted by molar-refractivity contribution is -0.150. The summed E-state index contributed by atoms with van der Waals surface area (Å²) in [5.41, 5.74) is 2.64. The highest BCUT2D eigenvalue weighted by Crippen LogP contribution is 2.56. The summed E-state index contributed by atoms with van der Waals surface area (Å²) in [5, 5.41) is 6.89. The van der Waals surface area contributed by atoms with Gasteiger partial charge >= 0.3 is 5.97 Å². The Morgan fingerprint density at radius 1 is 1.33 bits per heavy atom. The SMILES string of the molecule is CCC(=O)OC1CCC2C(C)C(C)CC3=CC(=O)CCC3(C(C)C)/C(C)=C/CC12S.O=CO. The molecule has 6 heteroatoms. The fourth-order valence-electron chi connectivity index (χ4n) is 6.58. The molecule has 1 saturated carbocycles. The molecule has 0 aromatic carbocycles. The maximum atomic E-state index is 12.4. The van der Waals surface area contributed by atoms with Crippen molar-refractivity contribution < 1.29 is 24.2 Å². The molecule has 0 saturated heterocycles. The molecule has 1 N–H and O–H groups in total. The number of thiol groups is 1. The number of fused-ring (bicyclic) bond motifs is 2. The highest BCUT2D eigenvalue weighted by Gasteiger charge is 2.53. The van der Waals surface area contributed by atoms with Crippen LogP contribution in [0.25, 0.3) is 0 Å². The molecule has 0 aromatic rings. The second-order valence-corrected chi connectivity index (χ2v) is 11.3. The van der Waals surface area contributed by atoms with Gasteiger partial charge in [-0.15, -0.1) is 0 Å². The number of ether oxygens (including phenoxy) is 1. The van der Waals surface area contributed by atoms with Crippen molar-refractivity contribution in [2.45, 2.75) is 97.3 Å². The Labute approximate surface area is 204 Å². The van der Waals surface area contributed by atoms with Crippen molar-refractivity contribution in [2.24, 2.45) is 29.1 Å². The molecule has 0 heterocycles. The van der Waals surface area contributed by atoms with E-state index in [1.807, 2.05) is 13.0 Å². The molecule has 186 valence electrons. The molecule has 5 nitrogen and oxygen atoms in total. The Morgan fingerprint density at radius 3 is 2.55 bits per heavy atom. The third-order valence-corrected chi connectivity index (χ3v) is 9.48. The van der Waals surface area contributed by atoms with Gasteiger partial charge in [0.25, 0.3) is 6.47 Å². The number of hydrogen-bond donors (Lipinski definition) is 2. The van der Waals surface area contributed by atoms with Gasteiger partial charge in [0.1, 0.15) is 6.10 Å². The largest absolute Gasteiger partial charge is 0.483 e. The predicted octanol–water partition coefficient (Wildman–Crippen LogP) is 6.03. The Morgan fingerprint density at radius 2 is 1.97 bits per heavy atom. The van der Waals surface area contributed by atoms with E-state index in [9.17, 15) is 9.59 Å². The smallest absolute Gasteiger partial charge is 0.305 e. The molecule has 3 rings (SSSR count). The highest BCUT2D eigenvalue weighted by atomic mass is 32.1. The van der Waals surface area contributed by atoms with Gasteiger partial charge in [-0.3, -0.25) is 14.4 Å². The minimum atomic E-state index is -0.330. The van der Waals surface area contributed by atoms with Gasteiger partial charge in [0.15, 0.2) is 5.78 Å². The van der Waals surface area contributed by atoms with Crippen LogP contribution in [0.4, 0.5) is 0 Å². The predicted molar refractivity (Wildman–Crippen MR) is 134 cm³/mol. The minimum Gasteiger partial charge on any atom is -0.483 e. The van der Waals surface area contributed by atoms with E-state index in [1.165, 1.54) is 11.1 Å². The summed E-state index contributed by atoms with van der Waals surface area (Å²) in [4.78, 5) is 32.9. The number of ketones is 1. The number of carbonyl (C=O) groups is 3. The van der Waals surface area contributed by atoms with Crippen molar-refractivity contribution in [1.29, 1.82) is 0 Å². The first-order chi connectivity index (χ1) is 15.5. The molecule has 33 heavy (non-hydrogen) atoms. The maximum absolute atomic E-state index is 12.4. The molecule has 3 aliphatic carbocycles. The first kappa shape index (κ1) is 27.7. The lowest BCUT2D eigenvalue weighted by Gasteiger charge is -2.47. The van der Waals surface area contributed by atoms with E-state index in [-0.39, 0.29) is 34.5 Å². The highest BCUT2D eigenvalue weighted by molar-refractivity contribution is 7.82. The van der Waals surface area contributed by atoms with Gasteiger partial charge in [-0.25, -0.2) is 0 Å². The van der Waals surface area contributed by atoms with Crippen LogP contribution < -0.4 is 0 Å². The molecule has 0 spiro atoms. The number of carboxylic acid groups (broad SMARTS) is 1. The van der Waals surface area contributed by atoms with Gasteiger partial charge in [0, 0.05) is 18.3 Å². The first-order valence-electron chi connectivity index (χ1n) is 12.4. The van der Waals surface area contributed by atoms with Gasteiger partial charge in [0.05, 0.1) is 4.75 Å². The minimum absolute atomic E-state index is 0.0486. The second-order valence-electron chi connectivity index (χ2n) is 10.5. The first-order valence-corrected chi connectivity index (χ1v) is 12.8. The van der Waals surface area contributed by atoms with Crippen LogP contribution in [-0.4, -0.2) is 34.2 Å². The van der Waals surface area contributed by atoms with Gasteiger partial charge in [-0.1, -0.05) is 51.8 Å². The van der Waals surface area contributed by atoms with Crippen LogP contribution in [0.5, 0.6) is 0 Å². The second kappa shape index (κ2) is 11.2. The standard InChI is InChI=1S/C26H40O3S.CH2O2/c1-7-24(28)29-23-9-8-22-19(6)17(4)14-20-15-21(27)11-12-25(20,16(2)3)18(5)10-13-26(22,23)30;2-1-3/h10,15-17,19,22-23,30H,7-9,11-14H2,1-6H3;1H,(H,2,3)/b18-10+;. The number of allylic oxidation sites excluding steroid dienone is 4. The summed E-state index contributed by atoms with van der Waals surface area (Å²) in [6, 6.07) is 0. The molecular weight excluding hydrogens is 436 g/mol. The van der Waals surface area contributed by atoms with Crippen molar-refractivity contribution in [3.8, 4) is 0 Å². The van der Waals surface area contributed by atoms with Crippen molar-refractivity contribution in [1.82, 2.24) is 0 Å². The van der Waals surface area contributed by atoms with E-state index in [1.54, 1.807) is 0 Å². The number of hydrogen-bond acceptors (Lipinski definition) is 5. The van der Waals surface area contributed by atoms with E-state index >= 15 is 0 Å². The maximum Gasteiger partial charge on any atom is 0.305 e. The van der Waals surface area contributed by atoms with E-state index in [2.05, 4.69) is 40.7 Å². The monoisotopic (exact) mass is 478 g/mol. The topological polar surface area (TPSA) is 80.7 Å². The zero-order valence-electron chi connectivity index (χ0n) is 21.1. The van der Waals surface area contributed by atoms with E-state index in [0.717, 1.165) is 32.1 Å². The zero-order chi connectivity index (χ0) is 25.0. The molecule has 0 aliphatic heterocycles. The molecule has 6 unspecified atom stereocenters. The molecule has 6 atom stereocenters. The Kier molecular flexibility index (Phi) is 9.43. The molecule has 0 radical (unpaired) electrons. The Balaban J connectivity index is 0.00000122. The molecule has 0 aromatic heterocycles.